The summed E-state index contributed by atoms with van der Waals surface area (Å²) in [6.45, 7) is -0.147. The number of nitrogens with zero attached hydrogens (tertiary/aromatic N) is 5. The predicted octanol–water partition coefficient (Wildman–Crippen LogP) is 4.60. The molecule has 2 unspecified atom stereocenters. The van der Waals surface area contributed by atoms with Crippen molar-refractivity contribution in [3.8, 4) is 11.4 Å². The van der Waals surface area contributed by atoms with Crippen LogP contribution in [0.4, 0.5) is 35.2 Å². The highest BCUT2D eigenvalue weighted by Crippen LogP contribution is 2.38. The SMILES string of the molecule is O=C(Nc1ccc(CCO)cc1)Nc1ccc(-c2nc(N3C4CCC3COC4)c3cnn(CC(F)(F)F)c3n2)cc1. The van der Waals surface area contributed by atoms with E-state index < -0.39 is 18.8 Å². The molecule has 2 aromatic heterocycles. The number of alkyl halides is 3. The number of anilines is 3. The summed E-state index contributed by atoms with van der Waals surface area (Å²) in [4.78, 5) is 24.0. The Labute approximate surface area is 233 Å². The van der Waals surface area contributed by atoms with Crippen LogP contribution in [0.1, 0.15) is 18.4 Å². The Bertz CT molecular complexity index is 1520. The lowest BCUT2D eigenvalue weighted by molar-refractivity contribution is -0.141. The number of carbonyl (C=O) groups is 1. The van der Waals surface area contributed by atoms with E-state index in [1.807, 2.05) is 12.1 Å². The number of benzene rings is 2. The molecule has 10 nitrogen and oxygen atoms in total. The van der Waals surface area contributed by atoms with E-state index >= 15 is 0 Å². The van der Waals surface area contributed by atoms with E-state index in [1.165, 1.54) is 6.20 Å². The number of aromatic nitrogens is 4. The first kappa shape index (κ1) is 27.0. The number of aliphatic hydroxyl groups excluding tert-OH is 1. The van der Waals surface area contributed by atoms with Gasteiger partial charge < -0.3 is 25.4 Å². The number of hydrogen-bond acceptors (Lipinski definition) is 7. The van der Waals surface area contributed by atoms with Crippen molar-refractivity contribution in [3.63, 3.8) is 0 Å². The van der Waals surface area contributed by atoms with E-state index in [4.69, 9.17) is 14.8 Å². The van der Waals surface area contributed by atoms with Crippen molar-refractivity contribution in [2.75, 3.05) is 35.4 Å². The average molecular weight is 568 g/mol. The van der Waals surface area contributed by atoms with Crippen LogP contribution < -0.4 is 15.5 Å². The molecule has 3 N–H and O–H groups in total. The summed E-state index contributed by atoms with van der Waals surface area (Å²) in [7, 11) is 0. The third-order valence-corrected chi connectivity index (χ3v) is 7.30. The molecular weight excluding hydrogens is 539 g/mol. The Hall–Kier alpha value is -4.23. The molecule has 2 aliphatic rings. The van der Waals surface area contributed by atoms with Crippen LogP contribution in [0.5, 0.6) is 0 Å². The Kier molecular flexibility index (Phi) is 7.22. The highest BCUT2D eigenvalue weighted by molar-refractivity contribution is 5.99. The van der Waals surface area contributed by atoms with Crippen LogP contribution in [-0.4, -0.2) is 69.0 Å². The zero-order valence-electron chi connectivity index (χ0n) is 21.9. The van der Waals surface area contributed by atoms with Crippen LogP contribution in [0.3, 0.4) is 0 Å². The lowest BCUT2D eigenvalue weighted by Crippen LogP contribution is -2.46. The van der Waals surface area contributed by atoms with Crippen molar-refractivity contribution in [1.82, 2.24) is 19.7 Å². The van der Waals surface area contributed by atoms with Crippen LogP contribution in [0.25, 0.3) is 22.4 Å². The van der Waals surface area contributed by atoms with Gasteiger partial charge in [0.15, 0.2) is 11.5 Å². The van der Waals surface area contributed by atoms with Gasteiger partial charge in [-0.1, -0.05) is 12.1 Å². The second-order valence-corrected chi connectivity index (χ2v) is 10.2. The molecule has 2 atom stereocenters. The van der Waals surface area contributed by atoms with Crippen molar-refractivity contribution in [3.05, 3.63) is 60.3 Å². The molecule has 0 spiro atoms. The monoisotopic (exact) mass is 567 g/mol. The summed E-state index contributed by atoms with van der Waals surface area (Å²) in [6.07, 6.45) is -0.692. The van der Waals surface area contributed by atoms with Crippen LogP contribution >= 0.6 is 0 Å². The smallest absolute Gasteiger partial charge is 0.396 e. The van der Waals surface area contributed by atoms with Crippen molar-refractivity contribution in [1.29, 1.82) is 0 Å². The highest BCUT2D eigenvalue weighted by Gasteiger charge is 2.40. The van der Waals surface area contributed by atoms with Gasteiger partial charge in [0.2, 0.25) is 0 Å². The van der Waals surface area contributed by atoms with E-state index in [0.717, 1.165) is 23.1 Å². The summed E-state index contributed by atoms with van der Waals surface area (Å²) in [5.74, 6) is 0.821. The fourth-order valence-corrected chi connectivity index (χ4v) is 5.41. The quantitative estimate of drug-likeness (QED) is 0.299. The minimum atomic E-state index is -4.46. The Morgan fingerprint density at radius 1 is 0.976 bits per heavy atom. The Morgan fingerprint density at radius 3 is 2.22 bits per heavy atom. The average Bonchev–Trinajstić information content (AvgIpc) is 3.44. The maximum Gasteiger partial charge on any atom is 0.408 e. The fourth-order valence-electron chi connectivity index (χ4n) is 5.41. The standard InChI is InChI=1S/C28H28F3N7O3/c29-28(30,31)16-37-25-23(13-32-37)26(38-21-9-10-22(38)15-41-14-21)36-24(35-25)18-3-7-20(8-4-18)34-27(40)33-19-5-1-17(2-6-19)11-12-39/h1-8,13,21-22,39H,9-12,14-16H2,(H2,33,34,40). The largest absolute Gasteiger partial charge is 0.408 e. The molecule has 2 amide bonds. The molecular formula is C28H28F3N7O3. The van der Waals surface area contributed by atoms with Crippen molar-refractivity contribution >= 4 is 34.3 Å². The summed E-state index contributed by atoms with van der Waals surface area (Å²) >= 11 is 0. The van der Waals surface area contributed by atoms with Gasteiger partial charge in [0, 0.05) is 23.5 Å². The van der Waals surface area contributed by atoms with Gasteiger partial charge in [-0.15, -0.1) is 0 Å². The maximum atomic E-state index is 13.3. The van der Waals surface area contributed by atoms with E-state index in [2.05, 4.69) is 25.6 Å². The first-order valence-electron chi connectivity index (χ1n) is 13.3. The van der Waals surface area contributed by atoms with Crippen LogP contribution in [0, 0.1) is 0 Å². The summed E-state index contributed by atoms with van der Waals surface area (Å²) in [5, 5.41) is 19.0. The van der Waals surface area contributed by atoms with E-state index in [-0.39, 0.29) is 30.2 Å². The van der Waals surface area contributed by atoms with Gasteiger partial charge >= 0.3 is 12.2 Å². The lowest BCUT2D eigenvalue weighted by Gasteiger charge is -2.36. The summed E-state index contributed by atoms with van der Waals surface area (Å²) in [6, 6.07) is 13.7. The minimum Gasteiger partial charge on any atom is -0.396 e. The maximum absolute atomic E-state index is 13.3. The fraction of sp³-hybridized carbons (Fsp3) is 0.357. The van der Waals surface area contributed by atoms with E-state index in [9.17, 15) is 18.0 Å². The number of hydrogen-bond donors (Lipinski definition) is 3. The molecule has 214 valence electrons. The van der Waals surface area contributed by atoms with Crippen LogP contribution in [0.2, 0.25) is 0 Å². The van der Waals surface area contributed by atoms with Gasteiger partial charge in [0.25, 0.3) is 0 Å². The first-order chi connectivity index (χ1) is 19.8. The zero-order valence-corrected chi connectivity index (χ0v) is 21.9. The van der Waals surface area contributed by atoms with Crippen molar-refractivity contribution in [2.24, 2.45) is 0 Å². The number of rotatable bonds is 7. The molecule has 2 fully saturated rings. The summed E-state index contributed by atoms with van der Waals surface area (Å²) < 4.78 is 46.5. The molecule has 0 aliphatic carbocycles. The molecule has 2 bridgehead atoms. The highest BCUT2D eigenvalue weighted by atomic mass is 19.4. The third-order valence-electron chi connectivity index (χ3n) is 7.30. The molecule has 0 saturated carbocycles. The number of ether oxygens (including phenoxy) is 1. The number of amides is 2. The lowest BCUT2D eigenvalue weighted by atomic mass is 10.1. The molecule has 41 heavy (non-hydrogen) atoms. The van der Waals surface area contributed by atoms with Crippen LogP contribution in [-0.2, 0) is 17.7 Å². The van der Waals surface area contributed by atoms with Crippen molar-refractivity contribution < 1.29 is 27.8 Å². The minimum absolute atomic E-state index is 0.0505. The molecule has 0 radical (unpaired) electrons. The number of carbonyl (C=O) groups excluding carboxylic acids is 1. The van der Waals surface area contributed by atoms with Gasteiger partial charge in [-0.2, -0.15) is 18.3 Å². The van der Waals surface area contributed by atoms with Gasteiger partial charge in [-0.3, -0.25) is 0 Å². The molecule has 13 heteroatoms. The summed E-state index contributed by atoms with van der Waals surface area (Å²) in [5.41, 5.74) is 2.76. The molecule has 4 heterocycles. The Morgan fingerprint density at radius 2 is 1.61 bits per heavy atom. The molecule has 2 aliphatic heterocycles. The molecule has 6 rings (SSSR count). The van der Waals surface area contributed by atoms with Gasteiger partial charge in [-0.05, 0) is 61.2 Å². The number of aliphatic hydroxyl groups is 1. The second-order valence-electron chi connectivity index (χ2n) is 10.2. The van der Waals surface area contributed by atoms with E-state index in [1.54, 1.807) is 36.4 Å². The van der Waals surface area contributed by atoms with Gasteiger partial charge in [0.05, 0.1) is 36.9 Å². The predicted molar refractivity (Wildman–Crippen MR) is 147 cm³/mol. The zero-order chi connectivity index (χ0) is 28.6. The third kappa shape index (κ3) is 5.81. The molecule has 2 aromatic carbocycles. The molecule has 2 saturated heterocycles. The normalized spacial score (nSPS) is 18.6. The van der Waals surface area contributed by atoms with Gasteiger partial charge in [-0.25, -0.2) is 19.4 Å². The topological polar surface area (TPSA) is 117 Å². The van der Waals surface area contributed by atoms with Gasteiger partial charge in [0.1, 0.15) is 12.4 Å². The second kappa shape index (κ2) is 11.0. The molecule has 4 aromatic rings. The number of morpholine rings is 1. The first-order valence-corrected chi connectivity index (χ1v) is 13.3. The number of halogens is 3. The number of nitrogens with one attached hydrogen (secondary N) is 2. The van der Waals surface area contributed by atoms with E-state index in [0.29, 0.717) is 47.8 Å². The van der Waals surface area contributed by atoms with Crippen LogP contribution in [0.15, 0.2) is 54.7 Å². The van der Waals surface area contributed by atoms with Crippen molar-refractivity contribution in [2.45, 2.75) is 44.1 Å². The number of urea groups is 1. The Balaban J connectivity index is 1.26. The number of fused-ring (bicyclic) bond motifs is 3.